The van der Waals surface area contributed by atoms with Gasteiger partial charge < -0.3 is 37.4 Å². The van der Waals surface area contributed by atoms with Gasteiger partial charge in [-0.3, -0.25) is 9.18 Å². The number of halogens is 7. The second kappa shape index (κ2) is 105. The minimum absolute atomic E-state index is 0. The third kappa shape index (κ3) is 104. The van der Waals surface area contributed by atoms with Crippen LogP contribution < -0.4 is 119 Å². The van der Waals surface area contributed by atoms with Gasteiger partial charge in [-0.2, -0.15) is 26.3 Å². The van der Waals surface area contributed by atoms with E-state index in [2.05, 4.69) is 14.0 Å². The number of benzene rings is 2. The molecule has 13 nitrogen and oxygen atoms in total. The number of methoxy groups -OCH3 is 1. The zero-order chi connectivity index (χ0) is 34.8. The van der Waals surface area contributed by atoms with Gasteiger partial charge in [0.2, 0.25) is 0 Å². The topological polar surface area (TPSA) is 232 Å². The van der Waals surface area contributed by atoms with Gasteiger partial charge >= 0.3 is 127 Å². The number of nitrogen functional groups attached to an aromatic ring is 2. The summed E-state index contributed by atoms with van der Waals surface area (Å²) in [6, 6.07) is 5.85. The van der Waals surface area contributed by atoms with Gasteiger partial charge in [0.05, 0.1) is 49.3 Å². The van der Waals surface area contributed by atoms with E-state index in [0.29, 0.717) is 0 Å². The normalized spacial score (nSPS) is 7.25. The average Bonchev–Trinajstić information content (AvgIpc) is 2.87. The van der Waals surface area contributed by atoms with Crippen molar-refractivity contribution < 1.29 is 616 Å². The molecule has 0 saturated carbocycles. The first-order valence-corrected chi connectivity index (χ1v) is 12.5. The van der Waals surface area contributed by atoms with Crippen molar-refractivity contribution in [1.29, 1.82) is 0 Å². The molecule has 367 valence electrons. The van der Waals surface area contributed by atoms with Gasteiger partial charge in [0.1, 0.15) is 9.63 Å². The third-order valence-corrected chi connectivity index (χ3v) is 4.14. The summed E-state index contributed by atoms with van der Waals surface area (Å²) in [7, 11) is -3.99. The maximum Gasteiger partial charge on any atom is 1.00 e. The second-order valence-corrected chi connectivity index (χ2v) is 10.7. The van der Waals surface area contributed by atoms with Crippen molar-refractivity contribution in [2.45, 2.75) is 19.8 Å². The Bertz CT molecular complexity index is 1330. The number of ether oxygens (including phenoxy) is 1. The first kappa shape index (κ1) is 185. The van der Waals surface area contributed by atoms with Crippen molar-refractivity contribution in [3.05, 3.63) is 58.7 Å². The van der Waals surface area contributed by atoms with E-state index < -0.39 is 69.1 Å². The van der Waals surface area contributed by atoms with Crippen LogP contribution in [-0.2, 0) is 468 Å². The van der Waals surface area contributed by atoms with E-state index in [1.54, 1.807) is 0 Å². The molecule has 0 saturated heterocycles. The number of hydrogen-bond acceptors (Lipinski definition) is 11. The van der Waals surface area contributed by atoms with Crippen LogP contribution in [0.3, 0.4) is 0 Å². The van der Waals surface area contributed by atoms with E-state index in [0.717, 1.165) is 50.0 Å². The van der Waals surface area contributed by atoms with Crippen LogP contribution >= 0.6 is 0 Å². The van der Waals surface area contributed by atoms with Crippen LogP contribution in [0, 0.1) is 0 Å². The molecular formula is C22H31F7K2N2O11SV23. The summed E-state index contributed by atoms with van der Waals surface area (Å²) in [5.74, 6) is -2.37. The molecule has 0 atom stereocenters. The van der Waals surface area contributed by atoms with Crippen LogP contribution in [0.2, 0.25) is 0 Å². The zero-order valence-electron chi connectivity index (χ0n) is 35.9. The molecule has 0 amide bonds. The van der Waals surface area contributed by atoms with Crippen LogP contribution in [0.1, 0.15) is 42.1 Å². The molecule has 7 N–H and O–H groups in total. The smallest absolute Gasteiger partial charge is 1.00 e. The van der Waals surface area contributed by atoms with Gasteiger partial charge in [0.15, 0.2) is 0 Å². The molecule has 0 aliphatic rings. The largest absolute Gasteiger partial charge is 1.00 e. The third-order valence-electron chi connectivity index (χ3n) is 3.71. The van der Waals surface area contributed by atoms with Crippen LogP contribution in [0.15, 0.2) is 36.4 Å². The minimum atomic E-state index is -4.63. The SMILES string of the molecule is C.COC(=O)c1cccc(C(F)(F)F)c1N.CS(C)(=O)(O)OO.Nc1c(C(=O)O)cccc1C(F)(F)F.O=CO[O-].[2H]CF.[H-].[K+].[K+].[V].[V].[V].[V].[V].[V].[V].[V].[V].[V].[V].[V].[V].[V].[V].[V].[V].[V].[V].[V].[V].[V].[V]. The number of para-hydroxylation sites is 2. The van der Waals surface area contributed by atoms with Gasteiger partial charge in [0, 0.05) is 439 Å². The summed E-state index contributed by atoms with van der Waals surface area (Å²) in [6.45, 7) is -0.181. The number of carbonyl (C=O) groups excluding carboxylic acids is 2. The summed E-state index contributed by atoms with van der Waals surface area (Å²) in [6.07, 6.45) is -7.40. The summed E-state index contributed by atoms with van der Waals surface area (Å²) in [5, 5.41) is 24.6. The number of nitrogens with two attached hydrogens (primary N) is 2. The van der Waals surface area contributed by atoms with Crippen molar-refractivity contribution in [2.75, 3.05) is 38.2 Å². The summed E-state index contributed by atoms with van der Waals surface area (Å²) in [5.41, 5.74) is 5.93. The molecular weight excluding hydrogens is 1880 g/mol. The Kier molecular flexibility index (Phi) is 284. The molecule has 0 aliphatic carbocycles. The number of rotatable bonds is 4. The van der Waals surface area contributed by atoms with Crippen LogP contribution in [0.4, 0.5) is 42.1 Å². The summed E-state index contributed by atoms with van der Waals surface area (Å²) < 4.78 is 115. The maximum absolute atomic E-state index is 12.4. The molecule has 23 radical (unpaired) electrons. The number of aromatic carboxylic acids is 1. The maximum atomic E-state index is 12.4. The van der Waals surface area contributed by atoms with Crippen LogP contribution in [0.5, 0.6) is 0 Å². The van der Waals surface area contributed by atoms with Crippen LogP contribution in [0.25, 0.3) is 0 Å². The monoisotopic (exact) mass is 1910 g/mol. The van der Waals surface area contributed by atoms with Crippen LogP contribution in [-0.4, -0.2) is 64.3 Å². The molecule has 46 heteroatoms. The van der Waals surface area contributed by atoms with Gasteiger partial charge in [-0.25, -0.2) is 19.1 Å². The van der Waals surface area contributed by atoms with Gasteiger partial charge in [0.25, 0.3) is 6.47 Å². The molecule has 2 rings (SSSR count). The van der Waals surface area contributed by atoms with Crippen molar-refractivity contribution in [3.63, 3.8) is 0 Å². The zero-order valence-corrected chi connectivity index (χ0v) is 73.0. The summed E-state index contributed by atoms with van der Waals surface area (Å²) in [4.78, 5) is 32.7. The van der Waals surface area contributed by atoms with Crippen molar-refractivity contribution in [2.24, 2.45) is 0 Å². The Morgan fingerprint density at radius 3 is 1.00 bits per heavy atom. The fourth-order valence-corrected chi connectivity index (χ4v) is 2.10. The molecule has 68 heavy (non-hydrogen) atoms. The molecule has 0 aromatic heterocycles. The molecule has 2 aromatic carbocycles. The van der Waals surface area contributed by atoms with E-state index in [4.69, 9.17) is 37.8 Å². The molecule has 0 unspecified atom stereocenters. The number of carbonyl (C=O) groups is 3. The number of carboxylic acid groups (broad SMARTS) is 1. The average molecular weight is 1920 g/mol. The second-order valence-electron chi connectivity index (χ2n) is 7.25. The van der Waals surface area contributed by atoms with E-state index in [1.807, 2.05) is 0 Å². The van der Waals surface area contributed by atoms with Gasteiger partial charge in [-0.05, 0) is 24.3 Å². The van der Waals surface area contributed by atoms with Crippen molar-refractivity contribution in [1.82, 2.24) is 0 Å². The minimum Gasteiger partial charge on any atom is -1.00 e. The Balaban J connectivity index is -0.00000000990. The number of carboxylic acids is 1. The van der Waals surface area contributed by atoms with Crippen molar-refractivity contribution >= 4 is 39.4 Å². The Morgan fingerprint density at radius 1 is 0.662 bits per heavy atom. The number of anilines is 2. The Labute approximate surface area is 755 Å². The standard InChI is InChI=1S/C9H8F3NO2.C8H6F3NO2.C2H8O4S.CH3F.CH2O3.CH4.2K.23V.H/c1-15-8(14)5-3-2-4-6(7(5)13)9(10,11)12;9-8(10,11)5-3-1-2-4(6(5)12)7(13)14;1-7(2,4,5)6-3;1-2;2-1-4-3;;;;;;;;;;;;;;;;;;;;;;;;;;;/h2-4H,13H2,1H3;1-3H,12H2,(H,13,14);3H,1-2H3,(H,4,5);1H3;1,3H;1H4;;;;;;;;;;;;;;;;;;;;;;;;;;/q;;;;;;2*+1;;;;;;;;;;;;;;;;;;;;;;;;-1/p-1/i;;;1D;;;;;;;;;;;;;;;;;;;;;;;;;;;;. The van der Waals surface area contributed by atoms with Gasteiger partial charge in [-0.15, -0.1) is 4.33 Å². The number of hydrogen-bond donors (Lipinski definition) is 5. The van der Waals surface area contributed by atoms with E-state index in [-0.39, 0.29) is 550 Å². The van der Waals surface area contributed by atoms with E-state index in [1.165, 1.54) is 6.07 Å². The van der Waals surface area contributed by atoms with Gasteiger partial charge in [-0.1, -0.05) is 19.6 Å². The summed E-state index contributed by atoms with van der Waals surface area (Å²) >= 11 is 0. The number of alkyl halides is 7. The predicted molar refractivity (Wildman–Crippen MR) is 138 cm³/mol. The Morgan fingerprint density at radius 2 is 0.853 bits per heavy atom. The quantitative estimate of drug-likeness (QED) is 0.0414. The molecule has 0 heterocycles. The van der Waals surface area contributed by atoms with E-state index in [9.17, 15) is 44.5 Å². The first-order chi connectivity index (χ1) is 19.4. The van der Waals surface area contributed by atoms with E-state index >= 15 is 0 Å². The molecule has 2 aromatic rings. The fraction of sp³-hybridized carbons (Fsp3) is 0.318. The number of esters is 1. The first-order valence-electron chi connectivity index (χ1n) is 10.6. The molecule has 0 bridgehead atoms. The predicted octanol–water partition coefficient (Wildman–Crippen LogP) is -2.28. The fourth-order valence-electron chi connectivity index (χ4n) is 2.10. The molecule has 0 fully saturated rings. The molecule has 0 spiro atoms. The Hall–Kier alpha value is 12.7. The van der Waals surface area contributed by atoms with Crippen molar-refractivity contribution in [3.8, 4) is 0 Å². The molecule has 0 aliphatic heterocycles.